The molecule has 0 unspecified atom stereocenters. The van der Waals surface area contributed by atoms with E-state index >= 15 is 0 Å². The molecule has 0 saturated carbocycles. The van der Waals surface area contributed by atoms with Crippen molar-refractivity contribution in [1.82, 2.24) is 9.97 Å². The fourth-order valence-electron chi connectivity index (χ4n) is 2.32. The van der Waals surface area contributed by atoms with Gasteiger partial charge in [-0.15, -0.1) is 0 Å². The topological polar surface area (TPSA) is 93.0 Å². The van der Waals surface area contributed by atoms with Crippen molar-refractivity contribution >= 4 is 40.3 Å². The molecule has 1 heterocycles. The Morgan fingerprint density at radius 1 is 1.08 bits per heavy atom. The maximum absolute atomic E-state index is 13.8. The number of rotatable bonds is 5. The Kier molecular flexibility index (Phi) is 4.94. The molecule has 1 aromatic heterocycles. The molecule has 0 radical (unpaired) electrons. The number of benzene rings is 2. The molecule has 0 amide bonds. The predicted octanol–water partition coefficient (Wildman–Crippen LogP) is 4.97. The molecule has 0 fully saturated rings. The van der Waals surface area contributed by atoms with E-state index in [-0.39, 0.29) is 17.3 Å². The summed E-state index contributed by atoms with van der Waals surface area (Å²) in [7, 11) is 0. The van der Waals surface area contributed by atoms with Gasteiger partial charge in [0.05, 0.1) is 10.6 Å². The molecule has 132 valence electrons. The third kappa shape index (κ3) is 3.70. The molecule has 0 bridgehead atoms. The van der Waals surface area contributed by atoms with Crippen LogP contribution in [-0.2, 0) is 0 Å². The summed E-state index contributed by atoms with van der Waals surface area (Å²) in [5, 5.41) is 17.7. The number of anilines is 4. The predicted molar refractivity (Wildman–Crippen MR) is 97.8 cm³/mol. The first kappa shape index (κ1) is 17.6. The average Bonchev–Trinajstić information content (AvgIpc) is 2.59. The standard InChI is InChI=1S/C17H13ClFN5O2/c1-10-8-11(18)6-7-13(10)22-16-15(24(25)26)17(21-9-20-16)23-14-5-3-2-4-12(14)19/h2-9H,1H3,(H2,20,21,22,23). The second kappa shape index (κ2) is 7.32. The number of nitro groups is 1. The van der Waals surface area contributed by atoms with Gasteiger partial charge in [0.1, 0.15) is 12.1 Å². The van der Waals surface area contributed by atoms with E-state index in [9.17, 15) is 14.5 Å². The molecule has 3 aromatic rings. The minimum Gasteiger partial charge on any atom is -0.334 e. The average molecular weight is 374 g/mol. The maximum Gasteiger partial charge on any atom is 0.353 e. The lowest BCUT2D eigenvalue weighted by Crippen LogP contribution is -2.06. The van der Waals surface area contributed by atoms with Crippen LogP contribution in [0.3, 0.4) is 0 Å². The Labute approximate surface area is 153 Å². The highest BCUT2D eigenvalue weighted by Gasteiger charge is 2.24. The summed E-state index contributed by atoms with van der Waals surface area (Å²) >= 11 is 5.92. The van der Waals surface area contributed by atoms with Crippen LogP contribution in [0.25, 0.3) is 0 Å². The Hall–Kier alpha value is -3.26. The normalized spacial score (nSPS) is 10.4. The lowest BCUT2D eigenvalue weighted by molar-refractivity contribution is -0.383. The zero-order valence-corrected chi connectivity index (χ0v) is 14.3. The summed E-state index contributed by atoms with van der Waals surface area (Å²) in [5.41, 5.74) is 1.06. The molecule has 0 spiro atoms. The van der Waals surface area contributed by atoms with Crippen LogP contribution in [0, 0.1) is 22.9 Å². The van der Waals surface area contributed by atoms with Crippen LogP contribution < -0.4 is 10.6 Å². The van der Waals surface area contributed by atoms with Gasteiger partial charge in [0.25, 0.3) is 0 Å². The summed E-state index contributed by atoms with van der Waals surface area (Å²) in [4.78, 5) is 18.8. The number of halogens is 2. The Balaban J connectivity index is 2.01. The number of hydrogen-bond acceptors (Lipinski definition) is 6. The van der Waals surface area contributed by atoms with Crippen molar-refractivity contribution in [1.29, 1.82) is 0 Å². The molecule has 2 N–H and O–H groups in total. The van der Waals surface area contributed by atoms with Crippen LogP contribution in [0.4, 0.5) is 33.1 Å². The molecule has 2 aromatic carbocycles. The number of nitrogens with zero attached hydrogens (tertiary/aromatic N) is 3. The molecule has 3 rings (SSSR count). The van der Waals surface area contributed by atoms with Crippen LogP contribution in [0.2, 0.25) is 5.02 Å². The molecule has 0 saturated heterocycles. The van der Waals surface area contributed by atoms with Crippen molar-refractivity contribution in [2.24, 2.45) is 0 Å². The molecule has 0 aliphatic rings. The van der Waals surface area contributed by atoms with Crippen molar-refractivity contribution in [2.75, 3.05) is 10.6 Å². The van der Waals surface area contributed by atoms with Gasteiger partial charge in [0, 0.05) is 10.7 Å². The van der Waals surface area contributed by atoms with E-state index in [0.29, 0.717) is 10.7 Å². The largest absolute Gasteiger partial charge is 0.353 e. The highest BCUT2D eigenvalue weighted by atomic mass is 35.5. The van der Waals surface area contributed by atoms with Crippen LogP contribution in [0.5, 0.6) is 0 Å². The van der Waals surface area contributed by atoms with Crippen LogP contribution in [0.15, 0.2) is 48.8 Å². The zero-order valence-electron chi connectivity index (χ0n) is 13.5. The van der Waals surface area contributed by atoms with Gasteiger partial charge in [0.2, 0.25) is 11.6 Å². The van der Waals surface area contributed by atoms with Gasteiger partial charge in [-0.1, -0.05) is 23.7 Å². The van der Waals surface area contributed by atoms with Gasteiger partial charge in [0.15, 0.2) is 0 Å². The summed E-state index contributed by atoms with van der Waals surface area (Å²) in [6.45, 7) is 1.81. The van der Waals surface area contributed by atoms with Gasteiger partial charge < -0.3 is 10.6 Å². The van der Waals surface area contributed by atoms with Crippen LogP contribution >= 0.6 is 11.6 Å². The monoisotopic (exact) mass is 373 g/mol. The van der Waals surface area contributed by atoms with E-state index in [1.807, 2.05) is 0 Å². The van der Waals surface area contributed by atoms with Crippen molar-refractivity contribution in [2.45, 2.75) is 6.92 Å². The molecule has 9 heteroatoms. The molecule has 7 nitrogen and oxygen atoms in total. The summed E-state index contributed by atoms with van der Waals surface area (Å²) < 4.78 is 13.8. The molecule has 0 atom stereocenters. The number of nitrogens with one attached hydrogen (secondary N) is 2. The first-order valence-corrected chi connectivity index (χ1v) is 7.87. The van der Waals surface area contributed by atoms with E-state index < -0.39 is 16.4 Å². The number of aryl methyl sites for hydroxylation is 1. The minimum absolute atomic E-state index is 0.0192. The molecular formula is C17H13ClFN5O2. The Morgan fingerprint density at radius 3 is 2.35 bits per heavy atom. The molecule has 0 aliphatic heterocycles. The first-order valence-electron chi connectivity index (χ1n) is 7.50. The highest BCUT2D eigenvalue weighted by Crippen LogP contribution is 2.34. The van der Waals surface area contributed by atoms with E-state index in [0.717, 1.165) is 11.9 Å². The van der Waals surface area contributed by atoms with Gasteiger partial charge in [-0.05, 0) is 42.8 Å². The summed E-state index contributed by atoms with van der Waals surface area (Å²) in [6, 6.07) is 10.9. The van der Waals surface area contributed by atoms with Gasteiger partial charge in [-0.25, -0.2) is 14.4 Å². The molecule has 0 aliphatic carbocycles. The highest BCUT2D eigenvalue weighted by molar-refractivity contribution is 6.30. The first-order chi connectivity index (χ1) is 12.5. The summed E-state index contributed by atoms with van der Waals surface area (Å²) in [5.74, 6) is -0.693. The van der Waals surface area contributed by atoms with Crippen molar-refractivity contribution in [3.63, 3.8) is 0 Å². The van der Waals surface area contributed by atoms with Gasteiger partial charge in [-0.3, -0.25) is 10.1 Å². The van der Waals surface area contributed by atoms with Gasteiger partial charge in [-0.2, -0.15) is 0 Å². The molecular weight excluding hydrogens is 361 g/mol. The second-order valence-electron chi connectivity index (χ2n) is 5.37. The summed E-state index contributed by atoms with van der Waals surface area (Å²) in [6.07, 6.45) is 1.16. The van der Waals surface area contributed by atoms with Gasteiger partial charge >= 0.3 is 5.69 Å². The second-order valence-corrected chi connectivity index (χ2v) is 5.80. The Bertz CT molecular complexity index is 983. The van der Waals surface area contributed by atoms with Crippen molar-refractivity contribution < 1.29 is 9.31 Å². The SMILES string of the molecule is Cc1cc(Cl)ccc1Nc1ncnc(Nc2ccccc2F)c1[N+](=O)[O-]. The number of para-hydroxylation sites is 1. The smallest absolute Gasteiger partial charge is 0.334 e. The quantitative estimate of drug-likeness (QED) is 0.484. The minimum atomic E-state index is -0.628. The lowest BCUT2D eigenvalue weighted by Gasteiger charge is -2.12. The Morgan fingerprint density at radius 2 is 1.73 bits per heavy atom. The fraction of sp³-hybridized carbons (Fsp3) is 0.0588. The molecule has 26 heavy (non-hydrogen) atoms. The van der Waals surface area contributed by atoms with Crippen molar-refractivity contribution in [3.05, 3.63) is 75.3 Å². The van der Waals surface area contributed by atoms with E-state index in [4.69, 9.17) is 11.6 Å². The number of aromatic nitrogens is 2. The van der Waals surface area contributed by atoms with Crippen LogP contribution in [-0.4, -0.2) is 14.9 Å². The van der Waals surface area contributed by atoms with Crippen LogP contribution in [0.1, 0.15) is 5.56 Å². The maximum atomic E-state index is 13.8. The lowest BCUT2D eigenvalue weighted by atomic mass is 10.2. The van der Waals surface area contributed by atoms with E-state index in [1.54, 1.807) is 31.2 Å². The third-order valence-corrected chi connectivity index (χ3v) is 3.81. The van der Waals surface area contributed by atoms with E-state index in [1.165, 1.54) is 18.2 Å². The van der Waals surface area contributed by atoms with E-state index in [2.05, 4.69) is 20.6 Å². The van der Waals surface area contributed by atoms with Crippen molar-refractivity contribution in [3.8, 4) is 0 Å². The number of hydrogen-bond donors (Lipinski definition) is 2. The fourth-order valence-corrected chi connectivity index (χ4v) is 2.55. The zero-order chi connectivity index (χ0) is 18.7. The third-order valence-electron chi connectivity index (χ3n) is 3.57.